The summed E-state index contributed by atoms with van der Waals surface area (Å²) in [4.78, 5) is 136. The van der Waals surface area contributed by atoms with Crippen molar-refractivity contribution in [2.45, 2.75) is 307 Å². The number of aryl methyl sites for hydroxylation is 6. The Kier molecular flexibility index (Phi) is 46.8. The number of nitrogens with two attached hydrogens (primary N) is 4. The highest BCUT2D eigenvalue weighted by molar-refractivity contribution is 7.13. The number of amides is 3. The summed E-state index contributed by atoms with van der Waals surface area (Å²) in [5, 5.41) is 68.0. The zero-order valence-electron chi connectivity index (χ0n) is 88.4. The molecule has 2 aliphatic heterocycles. The van der Waals surface area contributed by atoms with E-state index in [4.69, 9.17) is 61.2 Å². The number of imidazole rings is 2. The number of thiazole rings is 2. The van der Waals surface area contributed by atoms with Gasteiger partial charge < -0.3 is 91.7 Å². The Labute approximate surface area is 874 Å². The van der Waals surface area contributed by atoms with Gasteiger partial charge in [-0.2, -0.15) is 0 Å². The first-order chi connectivity index (χ1) is 70.5. The molecule has 0 aliphatic carbocycles. The van der Waals surface area contributed by atoms with Crippen molar-refractivity contribution in [1.29, 1.82) is 0 Å². The molecule has 6 atom stereocenters. The third-order valence-corrected chi connectivity index (χ3v) is 27.2. The molecule has 2 aromatic carbocycles. The number of rotatable bonds is 51. The number of aromatic nitrogens is 12. The molecule has 10 aromatic rings. The number of nitrogens with one attached hydrogen (secondary N) is 1. The van der Waals surface area contributed by atoms with Crippen molar-refractivity contribution in [3.8, 4) is 79.1 Å². The largest absolute Gasteiger partial charge is 0.490 e. The molecule has 3 amide bonds. The van der Waals surface area contributed by atoms with E-state index in [1.54, 1.807) is 62.8 Å². The van der Waals surface area contributed by atoms with Gasteiger partial charge in [0.2, 0.25) is 17.7 Å². The molecule has 10 heterocycles. The van der Waals surface area contributed by atoms with Crippen LogP contribution in [0.15, 0.2) is 81.2 Å². The predicted molar refractivity (Wildman–Crippen MR) is 568 cm³/mol. The number of ether oxygens (including phenoxy) is 4. The number of fused-ring (bicyclic) bond motifs is 2. The number of nitrogen functional groups attached to an aromatic ring is 2. The molecule has 8 aromatic heterocycles. The third-order valence-electron chi connectivity index (χ3n) is 25.2. The zero-order valence-corrected chi connectivity index (χ0v) is 90.0. The van der Waals surface area contributed by atoms with Crippen LogP contribution in [0, 0.1) is 60.2 Å². The molecule has 148 heavy (non-hydrogen) atoms. The molecule has 0 unspecified atom stereocenters. The molecule has 0 bridgehead atoms. The van der Waals surface area contributed by atoms with Gasteiger partial charge in [-0.15, -0.1) is 22.7 Å². The number of aliphatic carboxylic acids is 1. The van der Waals surface area contributed by atoms with Crippen LogP contribution in [0.2, 0.25) is 0 Å². The molecule has 0 spiro atoms. The molecule has 804 valence electrons. The highest BCUT2D eigenvalue weighted by atomic mass is 32.1. The van der Waals surface area contributed by atoms with Crippen molar-refractivity contribution in [3.05, 3.63) is 106 Å². The summed E-state index contributed by atoms with van der Waals surface area (Å²) < 4.78 is 36.7. The number of benzene rings is 2. The fourth-order valence-corrected chi connectivity index (χ4v) is 18.7. The van der Waals surface area contributed by atoms with E-state index < -0.39 is 64.1 Å². The fourth-order valence-electron chi connectivity index (χ4n) is 17.1. The number of hydrogen-bond donors (Lipinski definition) is 10. The third kappa shape index (κ3) is 36.3. The summed E-state index contributed by atoms with van der Waals surface area (Å²) in [6, 6.07) is 14.8. The Morgan fingerprint density at radius 3 is 1.26 bits per heavy atom. The maximum absolute atomic E-state index is 14.1. The quantitative estimate of drug-likeness (QED) is 0.0125. The summed E-state index contributed by atoms with van der Waals surface area (Å²) >= 11 is 3.19. The van der Waals surface area contributed by atoms with Crippen LogP contribution in [-0.2, 0) is 73.8 Å². The molecule has 2 fully saturated rings. The zero-order chi connectivity index (χ0) is 108. The Balaban J connectivity index is 0.000000264. The lowest BCUT2D eigenvalue weighted by Gasteiger charge is -2.34. The summed E-state index contributed by atoms with van der Waals surface area (Å²) in [6.45, 7) is 32.6. The summed E-state index contributed by atoms with van der Waals surface area (Å²) in [5.41, 5.74) is 32.6. The fraction of sp³-hybridized carbons (Fsp3) is 0.574. The number of Topliss-reactive ketones (excluding diaryl/α,β-unsaturated/α-hetero) is 4. The number of aliphatic hydroxyl groups is 4. The van der Waals surface area contributed by atoms with E-state index in [0.717, 1.165) is 108 Å². The van der Waals surface area contributed by atoms with Crippen molar-refractivity contribution in [3.63, 3.8) is 0 Å². The van der Waals surface area contributed by atoms with E-state index >= 15 is 0 Å². The summed E-state index contributed by atoms with van der Waals surface area (Å²) in [6.07, 6.45) is 15.5. The molecule has 14 N–H and O–H groups in total. The first-order valence-corrected chi connectivity index (χ1v) is 53.0. The second kappa shape index (κ2) is 58.1. The van der Waals surface area contributed by atoms with Crippen LogP contribution in [0.3, 0.4) is 0 Å². The van der Waals surface area contributed by atoms with Crippen molar-refractivity contribution in [1.82, 2.24) is 74.8 Å². The number of carboxylic acids is 1. The van der Waals surface area contributed by atoms with E-state index in [9.17, 15) is 58.8 Å². The maximum Gasteiger partial charge on any atom is 0.303 e. The van der Waals surface area contributed by atoms with E-state index in [1.165, 1.54) is 22.6 Å². The van der Waals surface area contributed by atoms with Crippen LogP contribution >= 0.6 is 22.7 Å². The lowest BCUT2D eigenvalue weighted by molar-refractivity contribution is -0.146. The van der Waals surface area contributed by atoms with Gasteiger partial charge in [-0.25, -0.2) is 39.2 Å². The first kappa shape index (κ1) is 119. The normalized spacial score (nSPS) is 15.1. The average Bonchev–Trinajstić information content (AvgIpc) is 1.60. The van der Waals surface area contributed by atoms with Gasteiger partial charge in [-0.1, -0.05) is 154 Å². The van der Waals surface area contributed by atoms with Gasteiger partial charge in [-0.05, 0) is 172 Å². The molecule has 2 aliphatic rings. The number of carbonyl (C=O) groups is 8. The second-order valence-corrected chi connectivity index (χ2v) is 42.1. The van der Waals surface area contributed by atoms with Gasteiger partial charge >= 0.3 is 5.97 Å². The SMILES string of the molecule is CCCCN.CCn1c(-c2nonc2N)nc2c(C#CC(C)(C)O)ncc(OCCCCCCCC(=O)NCCOCCC(=O)C[C@H](C(=O)N3C[C@H](O)C[C@H]3C(=O)CCc3ccc(-c4scnc4C)cc3)C(C)(C)C)c21.CCn1c(-c2nonc2N)nc2c(C#CC(C)(C)O)ncc(OCCCCCCCC(=O)O)c21.Cc1ncsc1-c1ccc(CCC(=O)[C@@H]2C[C@@H](O)CN2C(=O)[C@@H](CC(=O)CCOCCN)C(C)(C)C)cc1. The summed E-state index contributed by atoms with van der Waals surface area (Å²) in [5.74, 6) is 10.6. The van der Waals surface area contributed by atoms with Crippen molar-refractivity contribution in [2.24, 2.45) is 34.1 Å². The number of carboxylic acid groups (broad SMARTS) is 1. The van der Waals surface area contributed by atoms with Gasteiger partial charge in [0.25, 0.3) is 0 Å². The van der Waals surface area contributed by atoms with Crippen molar-refractivity contribution >= 4 is 103 Å². The van der Waals surface area contributed by atoms with E-state index in [2.05, 4.69) is 81.5 Å². The Morgan fingerprint density at radius 1 is 0.507 bits per heavy atom. The van der Waals surface area contributed by atoms with Crippen LogP contribution < -0.4 is 37.7 Å². The summed E-state index contributed by atoms with van der Waals surface area (Å²) in [7, 11) is 0. The minimum absolute atomic E-state index is 0.00295. The lowest BCUT2D eigenvalue weighted by Crippen LogP contribution is -2.47. The number of pyridine rings is 2. The van der Waals surface area contributed by atoms with Gasteiger partial charge in [-0.3, -0.25) is 38.4 Å². The van der Waals surface area contributed by atoms with Gasteiger partial charge in [0.15, 0.2) is 57.7 Å². The highest BCUT2D eigenvalue weighted by Crippen LogP contribution is 2.40. The molecule has 2 saturated heterocycles. The smallest absolute Gasteiger partial charge is 0.303 e. The minimum Gasteiger partial charge on any atom is -0.490 e. The number of hydrogen-bond acceptors (Lipinski definition) is 34. The van der Waals surface area contributed by atoms with Crippen molar-refractivity contribution in [2.75, 3.05) is 83.8 Å². The Hall–Kier alpha value is -12.2. The maximum atomic E-state index is 14.1. The number of nitrogens with zero attached hydrogens (tertiary/aromatic N) is 14. The topological polar surface area (TPSA) is 562 Å². The highest BCUT2D eigenvalue weighted by Gasteiger charge is 2.46. The number of β-amino-alcohol motifs (C(OH)–C–C–N with tert-alkyl or cyclic N) is 2. The Bertz CT molecular complexity index is 6110. The molecule has 0 saturated carbocycles. The number of likely N-dealkylation sites (tertiary alicyclic amines) is 2. The molecule has 0 radical (unpaired) electrons. The molecule has 12 rings (SSSR count). The number of unbranched alkanes of at least 4 members (excludes halogenated alkanes) is 9. The van der Waals surface area contributed by atoms with Gasteiger partial charge in [0.05, 0.1) is 108 Å². The van der Waals surface area contributed by atoms with Gasteiger partial charge in [0.1, 0.15) is 56.2 Å². The monoisotopic (exact) mass is 2080 g/mol. The Morgan fingerprint density at radius 2 is 0.912 bits per heavy atom. The predicted octanol–water partition coefficient (Wildman–Crippen LogP) is 14.0. The van der Waals surface area contributed by atoms with E-state index in [1.807, 2.05) is 138 Å². The number of aliphatic hydroxyl groups excluding tert-OH is 2. The average molecular weight is 2080 g/mol. The first-order valence-electron chi connectivity index (χ1n) is 51.3. The van der Waals surface area contributed by atoms with Crippen LogP contribution in [0.4, 0.5) is 11.6 Å². The lowest BCUT2D eigenvalue weighted by atomic mass is 9.76. The standard InChI is InChI=1S/C52H69N9O9S.C29H41N3O5S.C23H30N6O5.C4H11N/c1-8-60-46-42(30-55-39(21-23-52(6,7)67)44(46)57-49(60)45-48(53)59-70-58-45)69-25-13-11-9-10-12-14-43(65)54-24-27-68-26-22-36(62)28-38(51(3,4)5)50(66)61-31-37(63)29-40(61)41(64)20-17-34-15-18-35(19-16-34)47-33(2)56-32-71-47;1-19-27(38-18-31-19)21-8-5-20(6-9-21)7-10-26(35)25-16-23(34)17-32(25)28(36)24(29(2,3)4)15-22(33)11-13-37-14-12-30;1-4-29-20-16(33-13-9-7-5-6-8-10-17(30)31)14-25-15(11-12-23(2,3)32)18(20)26-22(29)19-21(24)28-34-27-19;1-2-3-4-5/h15-16,18-19,30,32,37-38,40,63,67H,8-14,17,20,22,24-29,31H2,1-7H3,(H2,53,59)(H,54,65);5-6,8-9,18,23-25,34H,7,10-17,30H2,1-4H3;14,32H,4-10,13H2,1-3H3,(H2,24,28)(H,30,31);2-5H2,1H3/t37-,38-,40+;23-,24-,25+;;/m11../s1. The second-order valence-electron chi connectivity index (χ2n) is 40.4. The van der Waals surface area contributed by atoms with Crippen molar-refractivity contribution < 1.29 is 92.1 Å². The number of anilines is 2. The number of carbonyl (C=O) groups excluding carboxylic acids is 7. The van der Waals surface area contributed by atoms with Crippen LogP contribution in [0.1, 0.15) is 265 Å². The van der Waals surface area contributed by atoms with Crippen LogP contribution in [0.25, 0.3) is 66.0 Å². The van der Waals surface area contributed by atoms with Crippen LogP contribution in [0.5, 0.6) is 11.5 Å². The van der Waals surface area contributed by atoms with Crippen LogP contribution in [-0.4, -0.2) is 250 Å². The number of ketones is 4. The minimum atomic E-state index is -1.23. The molecule has 40 heteroatoms. The molecule has 38 nitrogen and oxygen atoms in total. The van der Waals surface area contributed by atoms with E-state index in [-0.39, 0.29) is 143 Å². The molecular weight excluding hydrogens is 1930 g/mol. The van der Waals surface area contributed by atoms with Gasteiger partial charge in [0, 0.05) is 115 Å². The van der Waals surface area contributed by atoms with E-state index in [0.29, 0.717) is 140 Å². The molecular formula is C108H151N19O19S2.